The van der Waals surface area contributed by atoms with Crippen molar-refractivity contribution in [3.8, 4) is 0 Å². The lowest BCUT2D eigenvalue weighted by molar-refractivity contribution is 0.721. The number of benzene rings is 1. The van der Waals surface area contributed by atoms with Crippen LogP contribution in [-0.2, 0) is 6.54 Å². The van der Waals surface area contributed by atoms with E-state index >= 15 is 0 Å². The summed E-state index contributed by atoms with van der Waals surface area (Å²) in [5.41, 5.74) is -0.235. The van der Waals surface area contributed by atoms with E-state index in [1.54, 1.807) is 18.2 Å². The van der Waals surface area contributed by atoms with Crippen molar-refractivity contribution in [2.45, 2.75) is 6.54 Å². The predicted molar refractivity (Wildman–Crippen MR) is 66.9 cm³/mol. The molecule has 1 aromatic heterocycles. The van der Waals surface area contributed by atoms with Crippen LogP contribution in [0.2, 0.25) is 10.0 Å². The average Bonchev–Trinajstić information content (AvgIpc) is 2.26. The van der Waals surface area contributed by atoms with Crippen LogP contribution in [0, 0.1) is 0 Å². The van der Waals surface area contributed by atoms with Gasteiger partial charge in [-0.25, -0.2) is 4.79 Å². The van der Waals surface area contributed by atoms with E-state index in [1.807, 2.05) is 6.07 Å². The van der Waals surface area contributed by atoms with Crippen LogP contribution >= 0.6 is 23.2 Å². The molecule has 0 aliphatic rings. The van der Waals surface area contributed by atoms with Crippen LogP contribution < -0.4 is 11.2 Å². The molecule has 1 heterocycles. The van der Waals surface area contributed by atoms with E-state index < -0.39 is 11.2 Å². The first-order valence-corrected chi connectivity index (χ1v) is 5.55. The largest absolute Gasteiger partial charge is 0.328 e. The van der Waals surface area contributed by atoms with Crippen molar-refractivity contribution >= 4 is 23.2 Å². The quantitative estimate of drug-likeness (QED) is 0.906. The Bertz CT molecular complexity index is 661. The summed E-state index contributed by atoms with van der Waals surface area (Å²) in [6, 6.07) is 7.11. The topological polar surface area (TPSA) is 54.9 Å². The molecule has 0 spiro atoms. The third-order valence-electron chi connectivity index (χ3n) is 2.21. The molecule has 0 aliphatic heterocycles. The van der Waals surface area contributed by atoms with Crippen LogP contribution in [0.25, 0.3) is 0 Å². The number of nitrogens with zero attached hydrogens (tertiary/aromatic N) is 1. The van der Waals surface area contributed by atoms with Gasteiger partial charge in [-0.3, -0.25) is 14.3 Å². The van der Waals surface area contributed by atoms with Crippen LogP contribution in [0.1, 0.15) is 5.56 Å². The van der Waals surface area contributed by atoms with E-state index in [0.717, 1.165) is 5.56 Å². The standard InChI is InChI=1S/C11H8Cl2N2O2/c12-8-3-1-2-7(4-8)5-15-6-9(13)10(16)14-11(15)17/h1-4,6H,5H2,(H,14,16,17). The van der Waals surface area contributed by atoms with Gasteiger partial charge in [-0.2, -0.15) is 0 Å². The van der Waals surface area contributed by atoms with Gasteiger partial charge >= 0.3 is 5.69 Å². The average molecular weight is 271 g/mol. The van der Waals surface area contributed by atoms with Gasteiger partial charge in [-0.1, -0.05) is 35.3 Å². The summed E-state index contributed by atoms with van der Waals surface area (Å²) in [7, 11) is 0. The molecular weight excluding hydrogens is 263 g/mol. The number of aromatic nitrogens is 2. The monoisotopic (exact) mass is 270 g/mol. The van der Waals surface area contributed by atoms with E-state index in [9.17, 15) is 9.59 Å². The minimum atomic E-state index is -0.584. The Morgan fingerprint density at radius 3 is 2.71 bits per heavy atom. The molecule has 1 N–H and O–H groups in total. The zero-order chi connectivity index (χ0) is 12.4. The molecule has 0 bridgehead atoms. The highest BCUT2D eigenvalue weighted by molar-refractivity contribution is 6.30. The second-order valence-corrected chi connectivity index (χ2v) is 4.34. The Balaban J connectivity index is 2.40. The minimum absolute atomic E-state index is 0.0216. The first kappa shape index (κ1) is 12.0. The summed E-state index contributed by atoms with van der Waals surface area (Å²) < 4.78 is 1.31. The molecule has 0 amide bonds. The van der Waals surface area contributed by atoms with Crippen LogP contribution in [0.3, 0.4) is 0 Å². The second kappa shape index (κ2) is 4.77. The highest BCUT2D eigenvalue weighted by Crippen LogP contribution is 2.11. The molecule has 1 aromatic carbocycles. The summed E-state index contributed by atoms with van der Waals surface area (Å²) in [5, 5.41) is 0.567. The molecule has 88 valence electrons. The summed E-state index contributed by atoms with van der Waals surface area (Å²) in [6.45, 7) is 0.301. The van der Waals surface area contributed by atoms with Crippen LogP contribution in [0.15, 0.2) is 40.1 Å². The number of H-pyrrole nitrogens is 1. The lowest BCUT2D eigenvalue weighted by Gasteiger charge is -2.05. The van der Waals surface area contributed by atoms with Crippen molar-refractivity contribution in [2.24, 2.45) is 0 Å². The number of hydrogen-bond donors (Lipinski definition) is 1. The maximum atomic E-state index is 11.5. The van der Waals surface area contributed by atoms with Crippen molar-refractivity contribution in [3.05, 3.63) is 66.9 Å². The van der Waals surface area contributed by atoms with Gasteiger partial charge in [-0.15, -0.1) is 0 Å². The number of aromatic amines is 1. The van der Waals surface area contributed by atoms with Crippen molar-refractivity contribution in [1.29, 1.82) is 0 Å². The molecule has 2 aromatic rings. The van der Waals surface area contributed by atoms with Crippen molar-refractivity contribution in [2.75, 3.05) is 0 Å². The summed E-state index contributed by atoms with van der Waals surface area (Å²) in [4.78, 5) is 24.7. The van der Waals surface area contributed by atoms with E-state index in [4.69, 9.17) is 23.2 Å². The Hall–Kier alpha value is -1.52. The fourth-order valence-corrected chi connectivity index (χ4v) is 1.81. The molecule has 0 saturated carbocycles. The minimum Gasteiger partial charge on any atom is -0.295 e. The molecule has 0 fully saturated rings. The Morgan fingerprint density at radius 2 is 2.00 bits per heavy atom. The number of nitrogens with one attached hydrogen (secondary N) is 1. The van der Waals surface area contributed by atoms with Gasteiger partial charge in [0.2, 0.25) is 0 Å². The normalized spacial score (nSPS) is 10.5. The maximum absolute atomic E-state index is 11.5. The first-order chi connectivity index (χ1) is 8.06. The molecule has 0 unspecified atom stereocenters. The van der Waals surface area contributed by atoms with Crippen LogP contribution in [-0.4, -0.2) is 9.55 Å². The second-order valence-electron chi connectivity index (χ2n) is 3.49. The van der Waals surface area contributed by atoms with Gasteiger partial charge in [0.15, 0.2) is 0 Å². The zero-order valence-corrected chi connectivity index (χ0v) is 10.1. The molecule has 2 rings (SSSR count). The van der Waals surface area contributed by atoms with E-state index in [1.165, 1.54) is 10.8 Å². The molecule has 0 saturated heterocycles. The smallest absolute Gasteiger partial charge is 0.295 e. The first-order valence-electron chi connectivity index (χ1n) is 4.80. The number of hydrogen-bond acceptors (Lipinski definition) is 2. The maximum Gasteiger partial charge on any atom is 0.328 e. The van der Waals surface area contributed by atoms with Crippen LogP contribution in [0.5, 0.6) is 0 Å². The highest BCUT2D eigenvalue weighted by atomic mass is 35.5. The van der Waals surface area contributed by atoms with Crippen molar-refractivity contribution in [3.63, 3.8) is 0 Å². The Morgan fingerprint density at radius 1 is 1.24 bits per heavy atom. The van der Waals surface area contributed by atoms with Gasteiger partial charge in [-0.05, 0) is 17.7 Å². The summed E-state index contributed by atoms with van der Waals surface area (Å²) in [5.74, 6) is 0. The molecule has 4 nitrogen and oxygen atoms in total. The molecule has 17 heavy (non-hydrogen) atoms. The van der Waals surface area contributed by atoms with E-state index in [2.05, 4.69) is 4.98 Å². The van der Waals surface area contributed by atoms with Crippen molar-refractivity contribution in [1.82, 2.24) is 9.55 Å². The zero-order valence-electron chi connectivity index (χ0n) is 8.61. The molecule has 0 aliphatic carbocycles. The summed E-state index contributed by atoms with van der Waals surface area (Å²) >= 11 is 11.5. The highest BCUT2D eigenvalue weighted by Gasteiger charge is 2.03. The Kier molecular flexibility index (Phi) is 3.36. The van der Waals surface area contributed by atoms with Gasteiger partial charge in [0.05, 0.1) is 6.54 Å². The Labute approximate surface area is 106 Å². The van der Waals surface area contributed by atoms with Gasteiger partial charge in [0, 0.05) is 11.2 Å². The lowest BCUT2D eigenvalue weighted by Crippen LogP contribution is -2.29. The van der Waals surface area contributed by atoms with E-state index in [-0.39, 0.29) is 5.02 Å². The number of rotatable bonds is 2. The van der Waals surface area contributed by atoms with Gasteiger partial charge in [0.1, 0.15) is 5.02 Å². The lowest BCUT2D eigenvalue weighted by atomic mass is 10.2. The third-order valence-corrected chi connectivity index (χ3v) is 2.71. The SMILES string of the molecule is O=c1[nH]c(=O)n(Cc2cccc(Cl)c2)cc1Cl. The fourth-order valence-electron chi connectivity index (χ4n) is 1.43. The molecule has 0 radical (unpaired) electrons. The molecule has 6 heteroatoms. The van der Waals surface area contributed by atoms with Crippen LogP contribution in [0.4, 0.5) is 0 Å². The van der Waals surface area contributed by atoms with Gasteiger partial charge < -0.3 is 0 Å². The molecule has 0 atom stereocenters. The van der Waals surface area contributed by atoms with Gasteiger partial charge in [0.25, 0.3) is 5.56 Å². The summed E-state index contributed by atoms with van der Waals surface area (Å²) in [6.07, 6.45) is 1.31. The fraction of sp³-hybridized carbons (Fsp3) is 0.0909. The third kappa shape index (κ3) is 2.78. The van der Waals surface area contributed by atoms with Crippen molar-refractivity contribution < 1.29 is 0 Å². The predicted octanol–water partition coefficient (Wildman–Crippen LogP) is 1.89. The van der Waals surface area contributed by atoms with E-state index in [0.29, 0.717) is 11.6 Å². The molecular formula is C11H8Cl2N2O2. The number of halogens is 2.